The minimum atomic E-state index is -4.79. The van der Waals surface area contributed by atoms with Crippen molar-refractivity contribution in [3.05, 3.63) is 63.6 Å². The van der Waals surface area contributed by atoms with Crippen molar-refractivity contribution in [3.8, 4) is 0 Å². The molecule has 0 aromatic heterocycles. The molecular formula is C17H14Cl2F3N3O3S. The number of anilines is 1. The number of amides is 1. The number of hydrogen-bond donors (Lipinski definition) is 1. The zero-order chi connectivity index (χ0) is 21.8. The molecule has 0 bridgehead atoms. The third-order valence-corrected chi connectivity index (χ3v) is 5.34. The molecule has 1 amide bonds. The Morgan fingerprint density at radius 3 is 2.41 bits per heavy atom. The number of nitrogens with one attached hydrogen (secondary N) is 1. The zero-order valence-corrected chi connectivity index (χ0v) is 17.1. The smallest absolute Gasteiger partial charge is 0.271 e. The van der Waals surface area contributed by atoms with Crippen molar-refractivity contribution in [1.29, 1.82) is 0 Å². The van der Waals surface area contributed by atoms with Crippen LogP contribution in [0.4, 0.5) is 18.9 Å². The second-order valence-electron chi connectivity index (χ2n) is 5.75. The number of halogens is 5. The van der Waals surface area contributed by atoms with Crippen LogP contribution in [0.2, 0.25) is 10.0 Å². The molecule has 0 saturated carbocycles. The number of benzene rings is 2. The fourth-order valence-electron chi connectivity index (χ4n) is 2.21. The van der Waals surface area contributed by atoms with Crippen molar-refractivity contribution in [2.75, 3.05) is 17.1 Å². The highest BCUT2D eigenvalue weighted by atomic mass is 35.5. The molecular weight excluding hydrogens is 454 g/mol. The van der Waals surface area contributed by atoms with Gasteiger partial charge >= 0.3 is 6.18 Å². The molecule has 0 aliphatic carbocycles. The van der Waals surface area contributed by atoms with Gasteiger partial charge in [0.25, 0.3) is 5.91 Å². The van der Waals surface area contributed by atoms with E-state index in [-0.39, 0.29) is 5.69 Å². The average molecular weight is 468 g/mol. The monoisotopic (exact) mass is 467 g/mol. The summed E-state index contributed by atoms with van der Waals surface area (Å²) >= 11 is 11.5. The van der Waals surface area contributed by atoms with Crippen LogP contribution in [-0.4, -0.2) is 33.3 Å². The maximum atomic E-state index is 13.0. The molecule has 12 heteroatoms. The van der Waals surface area contributed by atoms with Gasteiger partial charge < -0.3 is 0 Å². The topological polar surface area (TPSA) is 78.8 Å². The molecule has 2 aromatic carbocycles. The number of rotatable bonds is 6. The van der Waals surface area contributed by atoms with E-state index >= 15 is 0 Å². The van der Waals surface area contributed by atoms with Gasteiger partial charge in [0, 0.05) is 10.6 Å². The maximum Gasteiger partial charge on any atom is 0.417 e. The molecule has 2 rings (SSSR count). The minimum Gasteiger partial charge on any atom is -0.271 e. The van der Waals surface area contributed by atoms with Gasteiger partial charge in [-0.2, -0.15) is 18.3 Å². The molecule has 0 fully saturated rings. The summed E-state index contributed by atoms with van der Waals surface area (Å²) in [5, 5.41) is 3.46. The largest absolute Gasteiger partial charge is 0.417 e. The Morgan fingerprint density at radius 1 is 1.17 bits per heavy atom. The van der Waals surface area contributed by atoms with Gasteiger partial charge in [-0.15, -0.1) is 0 Å². The van der Waals surface area contributed by atoms with Crippen molar-refractivity contribution in [3.63, 3.8) is 0 Å². The molecule has 0 aliphatic rings. The van der Waals surface area contributed by atoms with E-state index in [4.69, 9.17) is 23.2 Å². The number of hydrazone groups is 1. The number of hydrogen-bond acceptors (Lipinski definition) is 4. The molecule has 0 atom stereocenters. The molecule has 0 spiro atoms. The molecule has 1 N–H and O–H groups in total. The van der Waals surface area contributed by atoms with Gasteiger partial charge in [0.1, 0.15) is 6.54 Å². The zero-order valence-electron chi connectivity index (χ0n) is 14.7. The van der Waals surface area contributed by atoms with E-state index < -0.39 is 39.2 Å². The lowest BCUT2D eigenvalue weighted by Gasteiger charge is -2.22. The number of sulfonamides is 1. The molecule has 0 heterocycles. The summed E-state index contributed by atoms with van der Waals surface area (Å²) in [5.41, 5.74) is 1.02. The molecule has 29 heavy (non-hydrogen) atoms. The van der Waals surface area contributed by atoms with Crippen LogP contribution < -0.4 is 9.73 Å². The van der Waals surface area contributed by atoms with Crippen LogP contribution >= 0.6 is 23.2 Å². The molecule has 0 aliphatic heterocycles. The Hall–Kier alpha value is -2.30. The third kappa shape index (κ3) is 6.34. The number of alkyl halides is 3. The number of carbonyl (C=O) groups excluding carboxylic acids is 1. The van der Waals surface area contributed by atoms with E-state index in [1.807, 2.05) is 0 Å². The van der Waals surface area contributed by atoms with Gasteiger partial charge in [-0.25, -0.2) is 13.8 Å². The third-order valence-electron chi connectivity index (χ3n) is 3.53. The quantitative estimate of drug-likeness (QED) is 0.516. The summed E-state index contributed by atoms with van der Waals surface area (Å²) in [7, 11) is -4.08. The van der Waals surface area contributed by atoms with Crippen molar-refractivity contribution < 1.29 is 26.4 Å². The van der Waals surface area contributed by atoms with Crippen LogP contribution in [0.5, 0.6) is 0 Å². The normalized spacial score (nSPS) is 12.2. The van der Waals surface area contributed by atoms with Crippen LogP contribution in [0, 0.1) is 0 Å². The summed E-state index contributed by atoms with van der Waals surface area (Å²) in [6.07, 6.45) is -2.79. The summed E-state index contributed by atoms with van der Waals surface area (Å²) in [5.74, 6) is -0.873. The Bertz CT molecular complexity index is 1040. The Kier molecular flexibility index (Phi) is 7.15. The number of carbonyl (C=O) groups is 1. The Balaban J connectivity index is 2.22. The van der Waals surface area contributed by atoms with Crippen LogP contribution in [0.15, 0.2) is 47.6 Å². The lowest BCUT2D eigenvalue weighted by Crippen LogP contribution is -2.39. The first-order valence-electron chi connectivity index (χ1n) is 7.80. The maximum absolute atomic E-state index is 13.0. The molecule has 0 radical (unpaired) electrons. The van der Waals surface area contributed by atoms with E-state index in [1.54, 1.807) is 24.3 Å². The predicted octanol–water partition coefficient (Wildman–Crippen LogP) is 3.93. The molecule has 0 saturated heterocycles. The van der Waals surface area contributed by atoms with Crippen LogP contribution in [0.1, 0.15) is 11.1 Å². The lowest BCUT2D eigenvalue weighted by atomic mass is 10.2. The van der Waals surface area contributed by atoms with E-state index in [1.165, 1.54) is 6.21 Å². The van der Waals surface area contributed by atoms with Gasteiger partial charge in [0.2, 0.25) is 10.0 Å². The van der Waals surface area contributed by atoms with Crippen LogP contribution in [0.25, 0.3) is 0 Å². The van der Waals surface area contributed by atoms with E-state index in [0.717, 1.165) is 18.4 Å². The highest BCUT2D eigenvalue weighted by molar-refractivity contribution is 7.92. The van der Waals surface area contributed by atoms with E-state index in [2.05, 4.69) is 10.5 Å². The second kappa shape index (κ2) is 9.02. The first-order chi connectivity index (χ1) is 13.4. The average Bonchev–Trinajstić information content (AvgIpc) is 2.60. The van der Waals surface area contributed by atoms with Crippen LogP contribution in [-0.2, 0) is 21.0 Å². The summed E-state index contributed by atoms with van der Waals surface area (Å²) < 4.78 is 63.7. The van der Waals surface area contributed by atoms with Crippen molar-refractivity contribution in [2.45, 2.75) is 6.18 Å². The first kappa shape index (κ1) is 23.0. The molecule has 2 aromatic rings. The van der Waals surface area contributed by atoms with Gasteiger partial charge in [-0.05, 0) is 24.3 Å². The Morgan fingerprint density at radius 2 is 1.83 bits per heavy atom. The van der Waals surface area contributed by atoms with Gasteiger partial charge in [0.15, 0.2) is 0 Å². The van der Waals surface area contributed by atoms with E-state index in [9.17, 15) is 26.4 Å². The minimum absolute atomic E-state index is 0.366. The molecule has 6 nitrogen and oxygen atoms in total. The highest BCUT2D eigenvalue weighted by Crippen LogP contribution is 2.37. The first-order valence-corrected chi connectivity index (χ1v) is 10.4. The fraction of sp³-hybridized carbons (Fsp3) is 0.176. The highest BCUT2D eigenvalue weighted by Gasteiger charge is 2.34. The van der Waals surface area contributed by atoms with Gasteiger partial charge in [0.05, 0.1) is 28.7 Å². The predicted molar refractivity (Wildman–Crippen MR) is 106 cm³/mol. The van der Waals surface area contributed by atoms with Gasteiger partial charge in [-0.1, -0.05) is 41.4 Å². The standard InChI is InChI=1S/C17H14Cl2F3N3O3S/c1-29(27,28)25(12-6-7-15(19)13(8-12)17(20,21)22)10-16(26)24-23-9-11-4-2-3-5-14(11)18/h2-9H,10H2,1H3,(H,24,26)/b23-9-. The summed E-state index contributed by atoms with van der Waals surface area (Å²) in [4.78, 5) is 12.1. The lowest BCUT2D eigenvalue weighted by molar-refractivity contribution is -0.137. The molecule has 0 unspecified atom stereocenters. The fourth-order valence-corrected chi connectivity index (χ4v) is 3.46. The van der Waals surface area contributed by atoms with Crippen molar-refractivity contribution >= 4 is 51.0 Å². The summed E-state index contributed by atoms with van der Waals surface area (Å²) in [6, 6.07) is 9.17. The molecule has 156 valence electrons. The van der Waals surface area contributed by atoms with Crippen molar-refractivity contribution in [1.82, 2.24) is 5.43 Å². The summed E-state index contributed by atoms with van der Waals surface area (Å²) in [6.45, 7) is -0.794. The van der Waals surface area contributed by atoms with E-state index in [0.29, 0.717) is 21.0 Å². The Labute approximate surface area is 175 Å². The second-order valence-corrected chi connectivity index (χ2v) is 8.47. The van der Waals surface area contributed by atoms with Crippen LogP contribution in [0.3, 0.4) is 0 Å². The van der Waals surface area contributed by atoms with Crippen molar-refractivity contribution in [2.24, 2.45) is 5.10 Å². The number of nitrogens with zero attached hydrogens (tertiary/aromatic N) is 2. The SMILES string of the molecule is CS(=O)(=O)N(CC(=O)N/N=C\c1ccccc1Cl)c1ccc(Cl)c(C(F)(F)F)c1. The van der Waals surface area contributed by atoms with Gasteiger partial charge in [-0.3, -0.25) is 9.10 Å².